The van der Waals surface area contributed by atoms with Crippen LogP contribution < -0.4 is 0 Å². The van der Waals surface area contributed by atoms with Crippen molar-refractivity contribution in [2.24, 2.45) is 5.92 Å². The van der Waals surface area contributed by atoms with Gasteiger partial charge in [-0.05, 0) is 38.4 Å². The highest BCUT2D eigenvalue weighted by Crippen LogP contribution is 2.28. The monoisotopic (exact) mass is 216 g/mol. The molecule has 0 aromatic carbocycles. The lowest BCUT2D eigenvalue weighted by Crippen LogP contribution is -2.35. The third kappa shape index (κ3) is 2.37. The van der Waals surface area contributed by atoms with Gasteiger partial charge in [-0.25, -0.2) is 9.97 Å². The molecule has 1 aromatic rings. The second kappa shape index (κ2) is 5.04. The molecule has 2 atom stereocenters. The second-order valence-electron chi connectivity index (χ2n) is 4.38. The van der Waals surface area contributed by atoms with E-state index in [0.717, 1.165) is 25.9 Å². The van der Waals surface area contributed by atoms with Crippen molar-refractivity contribution in [2.45, 2.75) is 18.8 Å². The second-order valence-corrected chi connectivity index (χ2v) is 4.38. The van der Waals surface area contributed by atoms with Crippen LogP contribution in [0.5, 0.6) is 0 Å². The Labute approximate surface area is 95.9 Å². The van der Waals surface area contributed by atoms with E-state index in [4.69, 9.17) is 0 Å². The van der Waals surface area contributed by atoms with Crippen LogP contribution in [-0.4, -0.2) is 35.0 Å². The van der Waals surface area contributed by atoms with Gasteiger partial charge in [0, 0.05) is 18.9 Å². The molecule has 84 valence electrons. The SMILES string of the molecule is CN1CCCC(C(C#N)c2ncccn2)C1. The van der Waals surface area contributed by atoms with Gasteiger partial charge in [0.15, 0.2) is 0 Å². The van der Waals surface area contributed by atoms with Crippen LogP contribution in [0.1, 0.15) is 24.6 Å². The Bertz CT molecular complexity index is 370. The minimum Gasteiger partial charge on any atom is -0.306 e. The summed E-state index contributed by atoms with van der Waals surface area (Å²) in [5.74, 6) is 0.875. The summed E-state index contributed by atoms with van der Waals surface area (Å²) in [7, 11) is 2.10. The first kappa shape index (κ1) is 11.0. The highest BCUT2D eigenvalue weighted by Gasteiger charge is 2.28. The zero-order valence-electron chi connectivity index (χ0n) is 9.50. The Kier molecular flexibility index (Phi) is 3.47. The van der Waals surface area contributed by atoms with Crippen LogP contribution in [0.25, 0.3) is 0 Å². The van der Waals surface area contributed by atoms with Crippen molar-refractivity contribution >= 4 is 0 Å². The van der Waals surface area contributed by atoms with Gasteiger partial charge in [0.25, 0.3) is 0 Å². The molecule has 0 radical (unpaired) electrons. The minimum atomic E-state index is -0.163. The summed E-state index contributed by atoms with van der Waals surface area (Å²) >= 11 is 0. The summed E-state index contributed by atoms with van der Waals surface area (Å²) in [5, 5.41) is 9.27. The molecule has 2 unspecified atom stereocenters. The number of likely N-dealkylation sites (tertiary alicyclic amines) is 1. The first-order valence-electron chi connectivity index (χ1n) is 5.66. The van der Waals surface area contributed by atoms with Crippen LogP contribution in [0.2, 0.25) is 0 Å². The smallest absolute Gasteiger partial charge is 0.145 e. The fraction of sp³-hybridized carbons (Fsp3) is 0.583. The molecule has 0 aliphatic carbocycles. The van der Waals surface area contributed by atoms with E-state index < -0.39 is 0 Å². The molecule has 1 fully saturated rings. The molecular weight excluding hydrogens is 200 g/mol. The van der Waals surface area contributed by atoms with Crippen molar-refractivity contribution in [1.82, 2.24) is 14.9 Å². The Morgan fingerprint density at radius 1 is 1.50 bits per heavy atom. The van der Waals surface area contributed by atoms with Gasteiger partial charge in [-0.2, -0.15) is 5.26 Å². The number of hydrogen-bond donors (Lipinski definition) is 0. The molecule has 16 heavy (non-hydrogen) atoms. The van der Waals surface area contributed by atoms with Crippen molar-refractivity contribution in [3.05, 3.63) is 24.3 Å². The Balaban J connectivity index is 2.14. The van der Waals surface area contributed by atoms with E-state index in [0.29, 0.717) is 11.7 Å². The van der Waals surface area contributed by atoms with E-state index in [9.17, 15) is 5.26 Å². The molecule has 0 spiro atoms. The summed E-state index contributed by atoms with van der Waals surface area (Å²) < 4.78 is 0. The first-order chi connectivity index (χ1) is 7.81. The molecular formula is C12H16N4. The number of nitriles is 1. The Morgan fingerprint density at radius 2 is 2.25 bits per heavy atom. The van der Waals surface area contributed by atoms with Crippen LogP contribution >= 0.6 is 0 Å². The third-order valence-corrected chi connectivity index (χ3v) is 3.14. The van der Waals surface area contributed by atoms with Crippen LogP contribution in [0.3, 0.4) is 0 Å². The number of hydrogen-bond acceptors (Lipinski definition) is 4. The predicted octanol–water partition coefficient (Wildman–Crippen LogP) is 1.43. The van der Waals surface area contributed by atoms with Gasteiger partial charge in [-0.15, -0.1) is 0 Å². The highest BCUT2D eigenvalue weighted by molar-refractivity contribution is 5.11. The molecule has 0 amide bonds. The van der Waals surface area contributed by atoms with Gasteiger partial charge in [0.2, 0.25) is 0 Å². The highest BCUT2D eigenvalue weighted by atomic mass is 15.1. The quantitative estimate of drug-likeness (QED) is 0.750. The molecule has 4 nitrogen and oxygen atoms in total. The third-order valence-electron chi connectivity index (χ3n) is 3.14. The predicted molar refractivity (Wildman–Crippen MR) is 60.6 cm³/mol. The lowest BCUT2D eigenvalue weighted by molar-refractivity contribution is 0.198. The van der Waals surface area contributed by atoms with E-state index in [-0.39, 0.29) is 5.92 Å². The van der Waals surface area contributed by atoms with E-state index in [1.165, 1.54) is 0 Å². The Hall–Kier alpha value is -1.47. The fourth-order valence-corrected chi connectivity index (χ4v) is 2.32. The van der Waals surface area contributed by atoms with Gasteiger partial charge >= 0.3 is 0 Å². The molecule has 0 saturated carbocycles. The number of rotatable bonds is 2. The van der Waals surface area contributed by atoms with Gasteiger partial charge in [0.05, 0.1) is 6.07 Å². The van der Waals surface area contributed by atoms with Crippen molar-refractivity contribution in [3.63, 3.8) is 0 Å². The van der Waals surface area contributed by atoms with Crippen LogP contribution in [0.15, 0.2) is 18.5 Å². The molecule has 1 saturated heterocycles. The van der Waals surface area contributed by atoms with Crippen molar-refractivity contribution in [1.29, 1.82) is 5.26 Å². The van der Waals surface area contributed by atoms with Crippen molar-refractivity contribution in [3.8, 4) is 6.07 Å². The largest absolute Gasteiger partial charge is 0.306 e. The maximum absolute atomic E-state index is 9.27. The van der Waals surface area contributed by atoms with Crippen LogP contribution in [-0.2, 0) is 0 Å². The number of nitrogens with zero attached hydrogens (tertiary/aromatic N) is 4. The first-order valence-corrected chi connectivity index (χ1v) is 5.66. The average Bonchev–Trinajstić information content (AvgIpc) is 2.31. The number of piperidine rings is 1. The Morgan fingerprint density at radius 3 is 2.88 bits per heavy atom. The molecule has 0 N–H and O–H groups in total. The maximum atomic E-state index is 9.27. The van der Waals surface area contributed by atoms with Crippen LogP contribution in [0, 0.1) is 17.2 Å². The van der Waals surface area contributed by atoms with E-state index >= 15 is 0 Å². The van der Waals surface area contributed by atoms with Crippen molar-refractivity contribution < 1.29 is 0 Å². The van der Waals surface area contributed by atoms with E-state index in [1.807, 2.05) is 0 Å². The molecule has 1 aliphatic heterocycles. The summed E-state index contributed by atoms with van der Waals surface area (Å²) in [4.78, 5) is 10.7. The lowest BCUT2D eigenvalue weighted by Gasteiger charge is -2.31. The van der Waals surface area contributed by atoms with Crippen LogP contribution in [0.4, 0.5) is 0 Å². The fourth-order valence-electron chi connectivity index (χ4n) is 2.32. The summed E-state index contributed by atoms with van der Waals surface area (Å²) in [6.07, 6.45) is 5.67. The van der Waals surface area contributed by atoms with Crippen molar-refractivity contribution in [2.75, 3.05) is 20.1 Å². The summed E-state index contributed by atoms with van der Waals surface area (Å²) in [5.41, 5.74) is 0. The maximum Gasteiger partial charge on any atom is 0.145 e. The van der Waals surface area contributed by atoms with Gasteiger partial charge in [-0.3, -0.25) is 0 Å². The van der Waals surface area contributed by atoms with E-state index in [1.54, 1.807) is 18.5 Å². The zero-order chi connectivity index (χ0) is 11.4. The van der Waals surface area contributed by atoms with E-state index in [2.05, 4.69) is 28.0 Å². The summed E-state index contributed by atoms with van der Waals surface area (Å²) in [6.45, 7) is 2.10. The van der Waals surface area contributed by atoms with Gasteiger partial charge < -0.3 is 4.90 Å². The molecule has 2 rings (SSSR count). The van der Waals surface area contributed by atoms with Gasteiger partial charge in [-0.1, -0.05) is 0 Å². The molecule has 1 aliphatic rings. The molecule has 1 aromatic heterocycles. The average molecular weight is 216 g/mol. The number of aromatic nitrogens is 2. The summed E-state index contributed by atoms with van der Waals surface area (Å²) in [6, 6.07) is 4.14. The standard InChI is InChI=1S/C12H16N4/c1-16-7-2-4-10(9-16)11(8-13)12-14-5-3-6-15-12/h3,5-6,10-11H,2,4,7,9H2,1H3. The molecule has 0 bridgehead atoms. The molecule has 4 heteroatoms. The normalized spacial score (nSPS) is 23.6. The topological polar surface area (TPSA) is 52.8 Å². The molecule has 2 heterocycles. The lowest BCUT2D eigenvalue weighted by atomic mass is 9.86. The van der Waals surface area contributed by atoms with Gasteiger partial charge in [0.1, 0.15) is 11.7 Å². The minimum absolute atomic E-state index is 0.163. The zero-order valence-corrected chi connectivity index (χ0v) is 9.50.